The van der Waals surface area contributed by atoms with Crippen molar-refractivity contribution < 1.29 is 9.59 Å². The maximum atomic E-state index is 11.5. The standard InChI is InChI=1S/C13H17N3O2/c1-2-8-14-11-5-3-4-10(15-11)9-16-12(17)6-7-13(16)18/h3-5H,2,6-9H2,1H3,(H,14,15). The van der Waals surface area contributed by atoms with Gasteiger partial charge in [0.1, 0.15) is 5.82 Å². The third-order valence-corrected chi connectivity index (χ3v) is 2.84. The summed E-state index contributed by atoms with van der Waals surface area (Å²) in [5, 5.41) is 3.18. The van der Waals surface area contributed by atoms with Crippen molar-refractivity contribution in [2.45, 2.75) is 32.7 Å². The lowest BCUT2D eigenvalue weighted by Gasteiger charge is -2.13. The zero-order chi connectivity index (χ0) is 13.0. The van der Waals surface area contributed by atoms with E-state index in [1.807, 2.05) is 18.2 Å². The monoisotopic (exact) mass is 247 g/mol. The van der Waals surface area contributed by atoms with Crippen LogP contribution in [-0.4, -0.2) is 28.2 Å². The highest BCUT2D eigenvalue weighted by Gasteiger charge is 2.28. The number of nitrogens with zero attached hydrogens (tertiary/aromatic N) is 2. The number of hydrogen-bond donors (Lipinski definition) is 1. The molecule has 1 aliphatic rings. The van der Waals surface area contributed by atoms with Crippen LogP contribution in [0.2, 0.25) is 0 Å². The van der Waals surface area contributed by atoms with Crippen LogP contribution in [0, 0.1) is 0 Å². The molecule has 0 saturated carbocycles. The van der Waals surface area contributed by atoms with Crippen molar-refractivity contribution in [3.63, 3.8) is 0 Å². The van der Waals surface area contributed by atoms with E-state index in [1.54, 1.807) is 0 Å². The molecule has 1 aromatic heterocycles. The van der Waals surface area contributed by atoms with Crippen LogP contribution in [0.25, 0.3) is 0 Å². The molecule has 2 amide bonds. The van der Waals surface area contributed by atoms with Crippen molar-refractivity contribution in [1.82, 2.24) is 9.88 Å². The molecule has 5 heteroatoms. The van der Waals surface area contributed by atoms with Crippen molar-refractivity contribution >= 4 is 17.6 Å². The first-order valence-electron chi connectivity index (χ1n) is 6.23. The van der Waals surface area contributed by atoms with E-state index >= 15 is 0 Å². The molecule has 2 heterocycles. The normalized spacial score (nSPS) is 15.3. The largest absolute Gasteiger partial charge is 0.370 e. The minimum atomic E-state index is -0.103. The Kier molecular flexibility index (Phi) is 3.92. The fourth-order valence-corrected chi connectivity index (χ4v) is 1.88. The number of anilines is 1. The number of carbonyl (C=O) groups is 2. The number of aromatic nitrogens is 1. The summed E-state index contributed by atoms with van der Waals surface area (Å²) in [6.07, 6.45) is 1.67. The maximum absolute atomic E-state index is 11.5. The van der Waals surface area contributed by atoms with Gasteiger partial charge in [0.2, 0.25) is 11.8 Å². The molecule has 5 nitrogen and oxygen atoms in total. The Balaban J connectivity index is 2.04. The number of rotatable bonds is 5. The molecule has 1 saturated heterocycles. The van der Waals surface area contributed by atoms with Gasteiger partial charge in [0.15, 0.2) is 0 Å². The molecule has 1 aliphatic heterocycles. The summed E-state index contributed by atoms with van der Waals surface area (Å²) in [7, 11) is 0. The Morgan fingerprint density at radius 2 is 2.00 bits per heavy atom. The third kappa shape index (κ3) is 2.85. The number of amides is 2. The Morgan fingerprint density at radius 3 is 2.67 bits per heavy atom. The topological polar surface area (TPSA) is 62.3 Å². The third-order valence-electron chi connectivity index (χ3n) is 2.84. The molecule has 1 N–H and O–H groups in total. The molecule has 0 spiro atoms. The highest BCUT2D eigenvalue weighted by molar-refractivity contribution is 6.01. The van der Waals surface area contributed by atoms with Crippen molar-refractivity contribution in [1.29, 1.82) is 0 Å². The van der Waals surface area contributed by atoms with Gasteiger partial charge in [-0.15, -0.1) is 0 Å². The number of pyridine rings is 1. The summed E-state index contributed by atoms with van der Waals surface area (Å²) in [5.41, 5.74) is 0.736. The second-order valence-electron chi connectivity index (χ2n) is 4.31. The fraction of sp³-hybridized carbons (Fsp3) is 0.462. The molecular weight excluding hydrogens is 230 g/mol. The quantitative estimate of drug-likeness (QED) is 0.802. The lowest BCUT2D eigenvalue weighted by molar-refractivity contribution is -0.139. The van der Waals surface area contributed by atoms with E-state index in [0.717, 1.165) is 24.5 Å². The van der Waals surface area contributed by atoms with E-state index in [2.05, 4.69) is 17.2 Å². The number of imide groups is 1. The molecule has 1 aromatic rings. The molecule has 0 aliphatic carbocycles. The number of likely N-dealkylation sites (tertiary alicyclic amines) is 1. The van der Waals surface area contributed by atoms with Crippen LogP contribution in [0.15, 0.2) is 18.2 Å². The van der Waals surface area contributed by atoms with Gasteiger partial charge in [0, 0.05) is 19.4 Å². The molecule has 18 heavy (non-hydrogen) atoms. The molecule has 1 fully saturated rings. The van der Waals surface area contributed by atoms with Gasteiger partial charge in [0.25, 0.3) is 0 Å². The van der Waals surface area contributed by atoms with Crippen LogP contribution in [0.3, 0.4) is 0 Å². The Morgan fingerprint density at radius 1 is 1.28 bits per heavy atom. The summed E-state index contributed by atoms with van der Waals surface area (Å²) in [4.78, 5) is 28.7. The predicted molar refractivity (Wildman–Crippen MR) is 67.8 cm³/mol. The Hall–Kier alpha value is -1.91. The van der Waals surface area contributed by atoms with E-state index in [0.29, 0.717) is 12.8 Å². The molecule has 96 valence electrons. The zero-order valence-corrected chi connectivity index (χ0v) is 10.5. The highest BCUT2D eigenvalue weighted by Crippen LogP contribution is 2.15. The van der Waals surface area contributed by atoms with E-state index in [1.165, 1.54) is 4.90 Å². The van der Waals surface area contributed by atoms with E-state index < -0.39 is 0 Å². The molecule has 2 rings (SSSR count). The molecule has 0 atom stereocenters. The van der Waals surface area contributed by atoms with Gasteiger partial charge < -0.3 is 5.32 Å². The number of hydrogen-bond acceptors (Lipinski definition) is 4. The SMILES string of the molecule is CCCNc1cccc(CN2C(=O)CCC2=O)n1. The first kappa shape index (κ1) is 12.5. The lowest BCUT2D eigenvalue weighted by Crippen LogP contribution is -2.28. The van der Waals surface area contributed by atoms with Crippen LogP contribution in [0.5, 0.6) is 0 Å². The van der Waals surface area contributed by atoms with Crippen molar-refractivity contribution in [3.8, 4) is 0 Å². The Labute approximate surface area is 106 Å². The Bertz CT molecular complexity index is 443. The number of nitrogens with one attached hydrogen (secondary N) is 1. The zero-order valence-electron chi connectivity index (χ0n) is 10.5. The highest BCUT2D eigenvalue weighted by atomic mass is 16.2. The van der Waals surface area contributed by atoms with E-state index in [4.69, 9.17) is 0 Å². The van der Waals surface area contributed by atoms with Crippen LogP contribution >= 0.6 is 0 Å². The van der Waals surface area contributed by atoms with Crippen LogP contribution in [0.4, 0.5) is 5.82 Å². The lowest BCUT2D eigenvalue weighted by atomic mass is 10.3. The first-order chi connectivity index (χ1) is 8.70. The summed E-state index contributed by atoms with van der Waals surface area (Å²) in [6, 6.07) is 5.59. The second kappa shape index (κ2) is 5.62. The van der Waals surface area contributed by atoms with Gasteiger partial charge in [-0.05, 0) is 18.6 Å². The van der Waals surface area contributed by atoms with Crippen LogP contribution in [0.1, 0.15) is 31.9 Å². The van der Waals surface area contributed by atoms with Crippen molar-refractivity contribution in [2.75, 3.05) is 11.9 Å². The molecule has 0 radical (unpaired) electrons. The van der Waals surface area contributed by atoms with Crippen molar-refractivity contribution in [2.24, 2.45) is 0 Å². The van der Waals surface area contributed by atoms with Gasteiger partial charge in [-0.1, -0.05) is 13.0 Å². The average Bonchev–Trinajstić information content (AvgIpc) is 2.69. The minimum absolute atomic E-state index is 0.103. The maximum Gasteiger partial charge on any atom is 0.230 e. The number of carbonyl (C=O) groups excluding carboxylic acids is 2. The summed E-state index contributed by atoms with van der Waals surface area (Å²) < 4.78 is 0. The summed E-state index contributed by atoms with van der Waals surface area (Å²) in [5.74, 6) is 0.580. The summed E-state index contributed by atoms with van der Waals surface area (Å²) >= 11 is 0. The van der Waals surface area contributed by atoms with Crippen LogP contribution in [-0.2, 0) is 16.1 Å². The van der Waals surface area contributed by atoms with Gasteiger partial charge in [0.05, 0.1) is 12.2 Å². The van der Waals surface area contributed by atoms with E-state index in [-0.39, 0.29) is 18.4 Å². The van der Waals surface area contributed by atoms with Crippen molar-refractivity contribution in [3.05, 3.63) is 23.9 Å². The first-order valence-corrected chi connectivity index (χ1v) is 6.23. The van der Waals surface area contributed by atoms with Gasteiger partial charge in [-0.3, -0.25) is 14.5 Å². The molecule has 0 bridgehead atoms. The predicted octanol–water partition coefficient (Wildman–Crippen LogP) is 1.55. The fourth-order valence-electron chi connectivity index (χ4n) is 1.88. The summed E-state index contributed by atoms with van der Waals surface area (Å²) in [6.45, 7) is 3.22. The molecule has 0 unspecified atom stereocenters. The van der Waals surface area contributed by atoms with Crippen LogP contribution < -0.4 is 5.32 Å². The average molecular weight is 247 g/mol. The second-order valence-corrected chi connectivity index (χ2v) is 4.31. The smallest absolute Gasteiger partial charge is 0.230 e. The van der Waals surface area contributed by atoms with E-state index in [9.17, 15) is 9.59 Å². The minimum Gasteiger partial charge on any atom is -0.370 e. The molecule has 0 aromatic carbocycles. The molecular formula is C13H17N3O2. The van der Waals surface area contributed by atoms with Gasteiger partial charge in [-0.25, -0.2) is 4.98 Å². The van der Waals surface area contributed by atoms with Gasteiger partial charge >= 0.3 is 0 Å². The van der Waals surface area contributed by atoms with Gasteiger partial charge in [-0.2, -0.15) is 0 Å².